The number of pyridine rings is 2. The molecule has 0 fully saturated rings. The topological polar surface area (TPSA) is 43.6 Å². The van der Waals surface area contributed by atoms with Crippen LogP contribution in [-0.2, 0) is 17.7 Å². The van der Waals surface area contributed by atoms with E-state index in [0.717, 1.165) is 23.6 Å². The molecule has 0 spiro atoms. The molecule has 1 atom stereocenters. The van der Waals surface area contributed by atoms with E-state index in [9.17, 15) is 0 Å². The molecule has 1 unspecified atom stereocenters. The van der Waals surface area contributed by atoms with E-state index in [4.69, 9.17) is 0 Å². The number of nitrogens with zero attached hydrogens (tertiary/aromatic N) is 4. The predicted molar refractivity (Wildman–Crippen MR) is 107 cm³/mol. The van der Waals surface area contributed by atoms with Gasteiger partial charge in [0.1, 0.15) is 0 Å². The molecule has 0 saturated heterocycles. The van der Waals surface area contributed by atoms with E-state index in [1.54, 1.807) is 18.0 Å². The van der Waals surface area contributed by atoms with Crippen molar-refractivity contribution < 1.29 is 0 Å². The molecule has 26 heavy (non-hydrogen) atoms. The van der Waals surface area contributed by atoms with Gasteiger partial charge >= 0.3 is 0 Å². The first kappa shape index (κ1) is 18.6. The standard InChI is InChI=1S/C21H26N4S/c1-16(10-18-13-25(15-24-18)21(2,3)4)17-7-9-23-19(11-17)14-26-20-6-5-8-22-12-20/h5-9,11-13,15-16H,10,14H2,1-4H3. The van der Waals surface area contributed by atoms with E-state index >= 15 is 0 Å². The summed E-state index contributed by atoms with van der Waals surface area (Å²) in [6, 6.07) is 8.37. The summed E-state index contributed by atoms with van der Waals surface area (Å²) in [5.74, 6) is 1.26. The summed E-state index contributed by atoms with van der Waals surface area (Å²) in [5, 5.41) is 0. The Balaban J connectivity index is 1.64. The van der Waals surface area contributed by atoms with Crippen molar-refractivity contribution in [3.05, 3.63) is 72.3 Å². The minimum absolute atomic E-state index is 0.0713. The molecule has 0 bridgehead atoms. The van der Waals surface area contributed by atoms with Crippen LogP contribution < -0.4 is 0 Å². The Bertz CT molecular complexity index is 836. The molecule has 5 heteroatoms. The molecule has 0 aliphatic heterocycles. The van der Waals surface area contributed by atoms with Crippen LogP contribution in [0.25, 0.3) is 0 Å². The smallest absolute Gasteiger partial charge is 0.0954 e. The minimum atomic E-state index is 0.0713. The van der Waals surface area contributed by atoms with Gasteiger partial charge in [-0.2, -0.15) is 0 Å². The zero-order chi connectivity index (χ0) is 18.6. The fourth-order valence-electron chi connectivity index (χ4n) is 2.74. The Morgan fingerprint density at radius 2 is 1.96 bits per heavy atom. The van der Waals surface area contributed by atoms with Crippen LogP contribution in [0.15, 0.2) is 60.3 Å². The molecule has 0 aliphatic rings. The summed E-state index contributed by atoms with van der Waals surface area (Å²) in [4.78, 5) is 14.4. The molecule has 0 aromatic carbocycles. The Hall–Kier alpha value is -2.14. The molecule has 0 aliphatic carbocycles. The zero-order valence-corrected chi connectivity index (χ0v) is 16.7. The molecule has 136 valence electrons. The first-order chi connectivity index (χ1) is 12.4. The lowest BCUT2D eigenvalue weighted by Gasteiger charge is -2.20. The normalized spacial score (nSPS) is 12.9. The van der Waals surface area contributed by atoms with E-state index in [2.05, 4.69) is 71.6 Å². The fourth-order valence-corrected chi connectivity index (χ4v) is 3.52. The van der Waals surface area contributed by atoms with Crippen molar-refractivity contribution in [1.29, 1.82) is 0 Å². The van der Waals surface area contributed by atoms with Crippen molar-refractivity contribution in [3.63, 3.8) is 0 Å². The van der Waals surface area contributed by atoms with Crippen LogP contribution in [-0.4, -0.2) is 19.5 Å². The van der Waals surface area contributed by atoms with Crippen molar-refractivity contribution in [1.82, 2.24) is 19.5 Å². The van der Waals surface area contributed by atoms with Gasteiger partial charge in [0.05, 0.1) is 17.7 Å². The monoisotopic (exact) mass is 366 g/mol. The van der Waals surface area contributed by atoms with Crippen LogP contribution in [0, 0.1) is 0 Å². The fraction of sp³-hybridized carbons (Fsp3) is 0.381. The molecule has 0 amide bonds. The first-order valence-corrected chi connectivity index (χ1v) is 9.91. The summed E-state index contributed by atoms with van der Waals surface area (Å²) in [6.45, 7) is 8.83. The van der Waals surface area contributed by atoms with Crippen molar-refractivity contribution in [2.75, 3.05) is 0 Å². The predicted octanol–water partition coefficient (Wildman–Crippen LogP) is 5.07. The lowest BCUT2D eigenvalue weighted by Crippen LogP contribution is -2.19. The van der Waals surface area contributed by atoms with Crippen LogP contribution in [0.3, 0.4) is 0 Å². The molecule has 3 rings (SSSR count). The summed E-state index contributed by atoms with van der Waals surface area (Å²) in [6.07, 6.45) is 10.6. The van der Waals surface area contributed by atoms with Gasteiger partial charge in [-0.3, -0.25) is 9.97 Å². The van der Waals surface area contributed by atoms with Gasteiger partial charge in [0.2, 0.25) is 0 Å². The van der Waals surface area contributed by atoms with Crippen LogP contribution in [0.2, 0.25) is 0 Å². The van der Waals surface area contributed by atoms with Gasteiger partial charge in [-0.1, -0.05) is 6.92 Å². The van der Waals surface area contributed by atoms with E-state index in [1.165, 1.54) is 10.5 Å². The van der Waals surface area contributed by atoms with Crippen molar-refractivity contribution in [2.24, 2.45) is 0 Å². The maximum Gasteiger partial charge on any atom is 0.0954 e. The Morgan fingerprint density at radius 1 is 1.12 bits per heavy atom. The lowest BCUT2D eigenvalue weighted by molar-refractivity contribution is 0.396. The van der Waals surface area contributed by atoms with Crippen LogP contribution in [0.5, 0.6) is 0 Å². The van der Waals surface area contributed by atoms with E-state index < -0.39 is 0 Å². The molecule has 0 radical (unpaired) electrons. The van der Waals surface area contributed by atoms with Gasteiger partial charge in [-0.05, 0) is 62.9 Å². The molecule has 4 nitrogen and oxygen atoms in total. The number of rotatable bonds is 6. The summed E-state index contributed by atoms with van der Waals surface area (Å²) >= 11 is 1.76. The highest BCUT2D eigenvalue weighted by Crippen LogP contribution is 2.25. The second-order valence-corrected chi connectivity index (χ2v) is 8.65. The zero-order valence-electron chi connectivity index (χ0n) is 15.9. The molecule has 3 aromatic heterocycles. The number of aromatic nitrogens is 4. The van der Waals surface area contributed by atoms with Gasteiger partial charge in [0, 0.05) is 41.0 Å². The van der Waals surface area contributed by atoms with Crippen molar-refractivity contribution in [2.45, 2.75) is 56.2 Å². The summed E-state index contributed by atoms with van der Waals surface area (Å²) in [5.41, 5.74) is 3.62. The number of hydrogen-bond acceptors (Lipinski definition) is 4. The highest BCUT2D eigenvalue weighted by atomic mass is 32.2. The van der Waals surface area contributed by atoms with E-state index in [-0.39, 0.29) is 5.54 Å². The SMILES string of the molecule is CC(Cc1cn(C(C)(C)C)cn1)c1ccnc(CSc2cccnc2)c1. The highest BCUT2D eigenvalue weighted by molar-refractivity contribution is 7.98. The number of hydrogen-bond donors (Lipinski definition) is 0. The number of imidazole rings is 1. The third-order valence-electron chi connectivity index (χ3n) is 4.36. The highest BCUT2D eigenvalue weighted by Gasteiger charge is 2.15. The van der Waals surface area contributed by atoms with E-state index in [0.29, 0.717) is 5.92 Å². The molecule has 0 saturated carbocycles. The van der Waals surface area contributed by atoms with E-state index in [1.807, 2.05) is 24.8 Å². The number of thioether (sulfide) groups is 1. The Kier molecular flexibility index (Phi) is 5.77. The lowest BCUT2D eigenvalue weighted by atomic mass is 9.97. The average molecular weight is 367 g/mol. The maximum atomic E-state index is 4.58. The molecular weight excluding hydrogens is 340 g/mol. The third kappa shape index (κ3) is 4.94. The van der Waals surface area contributed by atoms with Gasteiger partial charge in [0.25, 0.3) is 0 Å². The molecular formula is C21H26N4S. The van der Waals surface area contributed by atoms with Gasteiger partial charge in [0.15, 0.2) is 0 Å². The Labute approximate surface area is 160 Å². The minimum Gasteiger partial charge on any atom is -0.332 e. The van der Waals surface area contributed by atoms with Crippen molar-refractivity contribution in [3.8, 4) is 0 Å². The summed E-state index contributed by atoms with van der Waals surface area (Å²) in [7, 11) is 0. The van der Waals surface area contributed by atoms with Crippen LogP contribution in [0.4, 0.5) is 0 Å². The maximum absolute atomic E-state index is 4.58. The van der Waals surface area contributed by atoms with Gasteiger partial charge < -0.3 is 4.57 Å². The quantitative estimate of drug-likeness (QED) is 0.572. The van der Waals surface area contributed by atoms with Gasteiger partial charge in [-0.25, -0.2) is 4.98 Å². The second-order valence-electron chi connectivity index (χ2n) is 7.61. The van der Waals surface area contributed by atoms with Gasteiger partial charge in [-0.15, -0.1) is 11.8 Å². The second kappa shape index (κ2) is 8.04. The third-order valence-corrected chi connectivity index (χ3v) is 5.37. The first-order valence-electron chi connectivity index (χ1n) is 8.93. The Morgan fingerprint density at radius 3 is 2.65 bits per heavy atom. The van der Waals surface area contributed by atoms with Crippen molar-refractivity contribution >= 4 is 11.8 Å². The average Bonchev–Trinajstić information content (AvgIpc) is 3.10. The molecule has 3 aromatic rings. The van der Waals surface area contributed by atoms with Crippen LogP contribution >= 0.6 is 11.8 Å². The molecule has 0 N–H and O–H groups in total. The largest absolute Gasteiger partial charge is 0.332 e. The van der Waals surface area contributed by atoms with Crippen LogP contribution in [0.1, 0.15) is 50.6 Å². The summed E-state index contributed by atoms with van der Waals surface area (Å²) < 4.78 is 2.18. The molecule has 3 heterocycles.